The summed E-state index contributed by atoms with van der Waals surface area (Å²) >= 11 is 0. The van der Waals surface area contributed by atoms with Gasteiger partial charge in [0.2, 0.25) is 0 Å². The van der Waals surface area contributed by atoms with E-state index < -0.39 is 51.1 Å². The summed E-state index contributed by atoms with van der Waals surface area (Å²) in [6.07, 6.45) is -8.15. The molecule has 0 fully saturated rings. The number of fused-ring (bicyclic) bond motifs is 4. The van der Waals surface area contributed by atoms with E-state index in [0.29, 0.717) is 0 Å². The lowest BCUT2D eigenvalue weighted by Gasteiger charge is -2.29. The number of halogens is 6. The summed E-state index contributed by atoms with van der Waals surface area (Å²) in [6.45, 7) is 0. The molecule has 0 saturated carbocycles. The van der Waals surface area contributed by atoms with Gasteiger partial charge in [-0.15, -0.1) is 0 Å². The van der Waals surface area contributed by atoms with Crippen molar-refractivity contribution in [3.8, 4) is 5.75 Å². The quantitative estimate of drug-likeness (QED) is 0.0530. The highest BCUT2D eigenvalue weighted by Gasteiger charge is 2.48. The van der Waals surface area contributed by atoms with Gasteiger partial charge >= 0.3 is 12.4 Å². The van der Waals surface area contributed by atoms with E-state index in [1.165, 1.54) is 86.0 Å². The van der Waals surface area contributed by atoms with Gasteiger partial charge in [-0.25, -0.2) is 0 Å². The van der Waals surface area contributed by atoms with Gasteiger partial charge < -0.3 is 14.7 Å². The van der Waals surface area contributed by atoms with Crippen LogP contribution in [0.5, 0.6) is 5.75 Å². The number of hydrogen-bond donors (Lipinski definition) is 0. The van der Waals surface area contributed by atoms with Gasteiger partial charge in [0.05, 0.1) is 29.2 Å². The standard InChI is InChI=1S/2C33H26P.C8H3BF6O3/c2*1-4-16-28(17-5-1)34(29-18-6-2-7-19-29,30-20-8-3-9-21-30)25-33-31-22-12-10-14-26(31)24-27-15-11-13-23-32(27)33;10-7(11,12)4-1-5(8(13,14)15)3-6(2-4)18-9(16)17/h2*1-24H,25H2;1-3H/q2*+1;-2. The molecule has 0 atom stereocenters. The Balaban J connectivity index is 0.000000141. The first kappa shape index (κ1) is 58.9. The Bertz CT molecular complexity index is 3810. The maximum absolute atomic E-state index is 12.3. The van der Waals surface area contributed by atoms with Gasteiger partial charge in [-0.3, -0.25) is 0 Å². The summed E-state index contributed by atoms with van der Waals surface area (Å²) < 4.78 is 77.5. The molecule has 12 heteroatoms. The van der Waals surface area contributed by atoms with Crippen molar-refractivity contribution < 1.29 is 41.0 Å². The molecule has 0 N–H and O–H groups in total. The van der Waals surface area contributed by atoms with E-state index in [0.717, 1.165) is 12.3 Å². The van der Waals surface area contributed by atoms with Crippen molar-refractivity contribution in [1.82, 2.24) is 0 Å². The monoisotopic (exact) mass is 1180 g/mol. The molecule has 0 aromatic heterocycles. The second-order valence-electron chi connectivity index (χ2n) is 20.7. The average molecular weight is 1180 g/mol. The molecule has 0 aliphatic carbocycles. The van der Waals surface area contributed by atoms with E-state index in [2.05, 4.69) is 296 Å². The van der Waals surface area contributed by atoms with Crippen LogP contribution >= 0.6 is 14.5 Å². The third kappa shape index (κ3) is 12.6. The van der Waals surface area contributed by atoms with E-state index in [9.17, 15) is 36.4 Å². The van der Waals surface area contributed by atoms with E-state index in [1.54, 1.807) is 0 Å². The predicted octanol–water partition coefficient (Wildman–Crippen LogP) is 15.8. The van der Waals surface area contributed by atoms with Gasteiger partial charge in [0.25, 0.3) is 0 Å². The number of benzene rings is 13. The minimum absolute atomic E-state index is 0.141. The van der Waals surface area contributed by atoms with Crippen LogP contribution in [-0.4, -0.2) is 7.32 Å². The normalized spacial score (nSPS) is 11.8. The largest absolute Gasteiger partial charge is 0.860 e. The Morgan fingerprint density at radius 1 is 0.291 bits per heavy atom. The third-order valence-electron chi connectivity index (χ3n) is 15.5. The van der Waals surface area contributed by atoms with Gasteiger partial charge in [-0.05, 0) is 146 Å². The highest BCUT2D eigenvalue weighted by molar-refractivity contribution is 7.95. The molecule has 0 amide bonds. The summed E-state index contributed by atoms with van der Waals surface area (Å²) in [4.78, 5) is 0. The molecule has 13 aromatic carbocycles. The Kier molecular flexibility index (Phi) is 17.6. The third-order valence-corrected chi connectivity index (χ3v) is 24.2. The molecule has 13 rings (SSSR count). The lowest BCUT2D eigenvalue weighted by atomic mass is 9.98. The zero-order valence-electron chi connectivity index (χ0n) is 46.3. The summed E-state index contributed by atoms with van der Waals surface area (Å²) in [5, 5.41) is 39.3. The minimum atomic E-state index is -5.05. The Hall–Kier alpha value is -8.88. The Labute approximate surface area is 497 Å². The van der Waals surface area contributed by atoms with Crippen LogP contribution < -0.4 is 46.5 Å². The number of alkyl halides is 6. The van der Waals surface area contributed by atoms with Crippen LogP contribution in [0.15, 0.2) is 309 Å². The van der Waals surface area contributed by atoms with E-state index in [4.69, 9.17) is 0 Å². The molecular weight excluding hydrogens is 1120 g/mol. The van der Waals surface area contributed by atoms with E-state index in [1.807, 2.05) is 0 Å². The summed E-state index contributed by atoms with van der Waals surface area (Å²) in [7, 11) is -6.99. The highest BCUT2D eigenvalue weighted by Crippen LogP contribution is 2.61. The molecule has 0 spiro atoms. The maximum Gasteiger partial charge on any atom is 0.416 e. The molecule has 3 nitrogen and oxygen atoms in total. The summed E-state index contributed by atoms with van der Waals surface area (Å²) in [5.41, 5.74) is -0.432. The highest BCUT2D eigenvalue weighted by atomic mass is 31.2. The smallest absolute Gasteiger partial charge is 0.416 e. The molecule has 424 valence electrons. The van der Waals surface area contributed by atoms with Gasteiger partial charge in [0.15, 0.2) is 0 Å². The average Bonchev–Trinajstić information content (AvgIpc) is 1.11. The molecule has 0 saturated heterocycles. The van der Waals surface area contributed by atoms with Crippen LogP contribution in [0.25, 0.3) is 43.1 Å². The summed E-state index contributed by atoms with van der Waals surface area (Å²) in [5.74, 6) is -1.08. The minimum Gasteiger partial charge on any atom is -0.860 e. The fourth-order valence-corrected chi connectivity index (χ4v) is 20.3. The first-order valence-corrected chi connectivity index (χ1v) is 31.8. The van der Waals surface area contributed by atoms with Gasteiger partial charge in [-0.1, -0.05) is 206 Å². The predicted molar refractivity (Wildman–Crippen MR) is 343 cm³/mol. The SMILES string of the molecule is [O-]B([O-])Oc1cc(C(F)(F)F)cc(C(F)(F)F)c1.c1ccc([P+](Cc2c3ccccc3cc3ccccc23)(c2ccccc2)c2ccccc2)cc1.c1ccc([P+](Cc2c3ccccc3cc3ccccc23)(c2ccccc2)c2ccccc2)cc1. The van der Waals surface area contributed by atoms with Crippen LogP contribution in [0.3, 0.4) is 0 Å². The molecule has 0 aliphatic rings. The van der Waals surface area contributed by atoms with Crippen molar-refractivity contribution in [2.45, 2.75) is 24.7 Å². The summed E-state index contributed by atoms with van der Waals surface area (Å²) in [6, 6.07) is 107. The maximum atomic E-state index is 12.3. The zero-order valence-corrected chi connectivity index (χ0v) is 48.1. The van der Waals surface area contributed by atoms with Gasteiger partial charge in [-0.2, -0.15) is 26.3 Å². The molecule has 0 radical (unpaired) electrons. The van der Waals surface area contributed by atoms with Crippen LogP contribution in [0.1, 0.15) is 22.3 Å². The lowest BCUT2D eigenvalue weighted by molar-refractivity contribution is -0.372. The first-order chi connectivity index (χ1) is 41.7. The van der Waals surface area contributed by atoms with Crippen molar-refractivity contribution in [3.05, 3.63) is 332 Å². The van der Waals surface area contributed by atoms with Crippen LogP contribution in [0, 0.1) is 0 Å². The van der Waals surface area contributed by atoms with E-state index in [-0.39, 0.29) is 18.2 Å². The second kappa shape index (κ2) is 25.8. The van der Waals surface area contributed by atoms with E-state index >= 15 is 0 Å². The molecule has 0 aliphatic heterocycles. The first-order valence-electron chi connectivity index (χ1n) is 27.9. The Morgan fingerprint density at radius 2 is 0.512 bits per heavy atom. The Morgan fingerprint density at radius 3 is 0.733 bits per heavy atom. The fourth-order valence-electron chi connectivity index (χ4n) is 11.7. The van der Waals surface area contributed by atoms with Crippen LogP contribution in [0.2, 0.25) is 0 Å². The van der Waals surface area contributed by atoms with Crippen molar-refractivity contribution in [2.75, 3.05) is 0 Å². The molecule has 13 aromatic rings. The second-order valence-corrected chi connectivity index (χ2v) is 27.7. The van der Waals surface area contributed by atoms with Crippen LogP contribution in [0.4, 0.5) is 26.3 Å². The zero-order chi connectivity index (χ0) is 59.7. The van der Waals surface area contributed by atoms with Crippen LogP contribution in [-0.2, 0) is 24.7 Å². The van der Waals surface area contributed by atoms with Gasteiger partial charge in [0.1, 0.15) is 53.7 Å². The molecule has 86 heavy (non-hydrogen) atoms. The van der Waals surface area contributed by atoms with Gasteiger partial charge in [0, 0.05) is 11.1 Å². The van der Waals surface area contributed by atoms with Crippen molar-refractivity contribution in [3.63, 3.8) is 0 Å². The fraction of sp³-hybridized carbons (Fsp3) is 0.0541. The number of hydrogen-bond acceptors (Lipinski definition) is 3. The molecule has 0 heterocycles. The molecule has 0 bridgehead atoms. The molecular formula is C74H55BF6O3P2. The topological polar surface area (TPSA) is 55.3 Å². The molecule has 0 unspecified atom stereocenters. The van der Waals surface area contributed by atoms with Crippen molar-refractivity contribution in [1.29, 1.82) is 0 Å². The van der Waals surface area contributed by atoms with Crippen molar-refractivity contribution >= 4 is 96.8 Å². The van der Waals surface area contributed by atoms with Crippen molar-refractivity contribution in [2.24, 2.45) is 0 Å². The lowest BCUT2D eigenvalue weighted by Crippen LogP contribution is -2.50. The number of rotatable bonds is 12.